The summed E-state index contributed by atoms with van der Waals surface area (Å²) in [6, 6.07) is 6.09. The molecule has 5 nitrogen and oxygen atoms in total. The van der Waals surface area contributed by atoms with E-state index in [1.165, 1.54) is 18.2 Å². The highest BCUT2D eigenvalue weighted by Gasteiger charge is 2.50. The van der Waals surface area contributed by atoms with Crippen LogP contribution in [0.2, 0.25) is 5.02 Å². The summed E-state index contributed by atoms with van der Waals surface area (Å²) < 4.78 is 0. The molecule has 0 aliphatic heterocycles. The molecular weight excluding hydrogens is 256 g/mol. The lowest BCUT2D eigenvalue weighted by Crippen LogP contribution is -2.22. The van der Waals surface area contributed by atoms with Crippen LogP contribution in [0.25, 0.3) is 0 Å². The van der Waals surface area contributed by atoms with Gasteiger partial charge >= 0.3 is 5.97 Å². The topological polar surface area (TPSA) is 90.2 Å². The Kier molecular flexibility index (Phi) is 2.97. The van der Waals surface area contributed by atoms with Gasteiger partial charge in [0.25, 0.3) is 0 Å². The van der Waals surface area contributed by atoms with E-state index in [2.05, 4.69) is 5.32 Å². The predicted octanol–water partition coefficient (Wildman–Crippen LogP) is 2.28. The summed E-state index contributed by atoms with van der Waals surface area (Å²) in [6.07, 6.45) is 1.10. The number of amides is 1. The van der Waals surface area contributed by atoms with Crippen molar-refractivity contribution in [2.75, 3.05) is 5.32 Å². The Morgan fingerprint density at radius 1 is 1.44 bits per heavy atom. The Hall–Kier alpha value is -2.06. The summed E-state index contributed by atoms with van der Waals surface area (Å²) in [6.45, 7) is 0. The number of halogens is 1. The molecule has 0 unspecified atom stereocenters. The van der Waals surface area contributed by atoms with Gasteiger partial charge in [0.15, 0.2) is 0 Å². The first kappa shape index (κ1) is 12.4. The number of carbonyl (C=O) groups is 2. The number of nitrogens with zero attached hydrogens (tertiary/aromatic N) is 1. The van der Waals surface area contributed by atoms with Gasteiger partial charge in [0, 0.05) is 5.69 Å². The SMILES string of the molecule is N#CC1(C(=O)Nc2ccc(C(=O)O)c(Cl)c2)CC1. The van der Waals surface area contributed by atoms with Gasteiger partial charge in [0.2, 0.25) is 5.91 Å². The van der Waals surface area contributed by atoms with E-state index < -0.39 is 11.4 Å². The van der Waals surface area contributed by atoms with Gasteiger partial charge in [-0.3, -0.25) is 4.79 Å². The molecule has 0 radical (unpaired) electrons. The number of carboxylic acids is 1. The summed E-state index contributed by atoms with van der Waals surface area (Å²) >= 11 is 5.77. The van der Waals surface area contributed by atoms with Crippen LogP contribution in [-0.4, -0.2) is 17.0 Å². The number of hydrogen-bond donors (Lipinski definition) is 2. The maximum Gasteiger partial charge on any atom is 0.337 e. The third-order valence-electron chi connectivity index (χ3n) is 2.86. The molecule has 0 bridgehead atoms. The first-order valence-corrected chi connectivity index (χ1v) is 5.62. The molecule has 18 heavy (non-hydrogen) atoms. The maximum absolute atomic E-state index is 11.8. The summed E-state index contributed by atoms with van der Waals surface area (Å²) in [7, 11) is 0. The number of nitrogens with one attached hydrogen (secondary N) is 1. The number of hydrogen-bond acceptors (Lipinski definition) is 3. The molecule has 92 valence electrons. The zero-order valence-electron chi connectivity index (χ0n) is 9.24. The van der Waals surface area contributed by atoms with Gasteiger partial charge < -0.3 is 10.4 Å². The normalized spacial score (nSPS) is 15.6. The van der Waals surface area contributed by atoms with Crippen molar-refractivity contribution in [3.63, 3.8) is 0 Å². The second-order valence-electron chi connectivity index (χ2n) is 4.15. The van der Waals surface area contributed by atoms with Crippen LogP contribution in [0, 0.1) is 16.7 Å². The Bertz CT molecular complexity index is 573. The highest BCUT2D eigenvalue weighted by atomic mass is 35.5. The minimum absolute atomic E-state index is 0.0314. The number of anilines is 1. The molecule has 0 aromatic heterocycles. The molecule has 1 amide bonds. The van der Waals surface area contributed by atoms with Crippen LogP contribution in [0.15, 0.2) is 18.2 Å². The van der Waals surface area contributed by atoms with Crippen molar-refractivity contribution in [2.24, 2.45) is 5.41 Å². The maximum atomic E-state index is 11.8. The van der Waals surface area contributed by atoms with Crippen LogP contribution in [-0.2, 0) is 4.79 Å². The molecule has 0 saturated heterocycles. The van der Waals surface area contributed by atoms with E-state index in [-0.39, 0.29) is 16.5 Å². The summed E-state index contributed by atoms with van der Waals surface area (Å²) in [5.74, 6) is -1.50. The first-order valence-electron chi connectivity index (χ1n) is 5.24. The van der Waals surface area contributed by atoms with E-state index >= 15 is 0 Å². The van der Waals surface area contributed by atoms with Crippen molar-refractivity contribution in [3.8, 4) is 6.07 Å². The van der Waals surface area contributed by atoms with E-state index in [1.54, 1.807) is 0 Å². The smallest absolute Gasteiger partial charge is 0.337 e. The fourth-order valence-corrected chi connectivity index (χ4v) is 1.79. The molecule has 1 fully saturated rings. The average Bonchev–Trinajstić information content (AvgIpc) is 3.09. The number of rotatable bonds is 3. The molecule has 6 heteroatoms. The molecule has 2 rings (SSSR count). The third kappa shape index (κ3) is 2.15. The number of carbonyl (C=O) groups excluding carboxylic acids is 1. The van der Waals surface area contributed by atoms with E-state index in [0.717, 1.165) is 0 Å². The van der Waals surface area contributed by atoms with Gasteiger partial charge in [0.1, 0.15) is 5.41 Å². The molecule has 0 spiro atoms. The van der Waals surface area contributed by atoms with Gasteiger partial charge in [-0.15, -0.1) is 0 Å². The van der Waals surface area contributed by atoms with Gasteiger partial charge in [-0.1, -0.05) is 11.6 Å². The van der Waals surface area contributed by atoms with E-state index in [0.29, 0.717) is 18.5 Å². The Morgan fingerprint density at radius 3 is 2.56 bits per heavy atom. The van der Waals surface area contributed by atoms with E-state index in [4.69, 9.17) is 22.0 Å². The van der Waals surface area contributed by atoms with Crippen LogP contribution >= 0.6 is 11.6 Å². The van der Waals surface area contributed by atoms with Crippen LogP contribution in [0.4, 0.5) is 5.69 Å². The first-order chi connectivity index (χ1) is 8.48. The minimum Gasteiger partial charge on any atom is -0.478 e. The monoisotopic (exact) mass is 264 g/mol. The highest BCUT2D eigenvalue weighted by Crippen LogP contribution is 2.45. The molecule has 0 atom stereocenters. The standard InChI is InChI=1S/C12H9ClN2O3/c13-9-5-7(1-2-8(9)10(16)17)15-11(18)12(6-14)3-4-12/h1-2,5H,3-4H2,(H,15,18)(H,16,17). The second kappa shape index (κ2) is 4.31. The van der Waals surface area contributed by atoms with Crippen LogP contribution in [0.1, 0.15) is 23.2 Å². The number of aromatic carboxylic acids is 1. The molecular formula is C12H9ClN2O3. The van der Waals surface area contributed by atoms with Gasteiger partial charge in [-0.05, 0) is 31.0 Å². The van der Waals surface area contributed by atoms with Crippen molar-refractivity contribution in [1.82, 2.24) is 0 Å². The lowest BCUT2D eigenvalue weighted by Gasteiger charge is -2.09. The fourth-order valence-electron chi connectivity index (χ4n) is 1.53. The largest absolute Gasteiger partial charge is 0.478 e. The predicted molar refractivity (Wildman–Crippen MR) is 64.3 cm³/mol. The second-order valence-corrected chi connectivity index (χ2v) is 4.56. The minimum atomic E-state index is -1.13. The Labute approximate surface area is 108 Å². The summed E-state index contributed by atoms with van der Waals surface area (Å²) in [5, 5.41) is 20.3. The Balaban J connectivity index is 2.17. The fraction of sp³-hybridized carbons (Fsp3) is 0.250. The van der Waals surface area contributed by atoms with Crippen molar-refractivity contribution in [3.05, 3.63) is 28.8 Å². The van der Waals surface area contributed by atoms with Crippen LogP contribution in [0.5, 0.6) is 0 Å². The average molecular weight is 265 g/mol. The quantitative estimate of drug-likeness (QED) is 0.876. The van der Waals surface area contributed by atoms with Crippen molar-refractivity contribution in [1.29, 1.82) is 5.26 Å². The van der Waals surface area contributed by atoms with Crippen molar-refractivity contribution >= 4 is 29.2 Å². The van der Waals surface area contributed by atoms with Gasteiger partial charge in [0.05, 0.1) is 16.7 Å². The lowest BCUT2D eigenvalue weighted by molar-refractivity contribution is -0.119. The molecule has 1 aliphatic carbocycles. The molecule has 2 N–H and O–H groups in total. The molecule has 1 aromatic carbocycles. The molecule has 0 heterocycles. The Morgan fingerprint density at radius 2 is 2.11 bits per heavy atom. The zero-order valence-corrected chi connectivity index (χ0v) is 9.99. The zero-order chi connectivity index (χ0) is 13.3. The van der Waals surface area contributed by atoms with Gasteiger partial charge in [-0.2, -0.15) is 5.26 Å². The van der Waals surface area contributed by atoms with Crippen LogP contribution < -0.4 is 5.32 Å². The molecule has 1 saturated carbocycles. The third-order valence-corrected chi connectivity index (χ3v) is 3.17. The van der Waals surface area contributed by atoms with E-state index in [1.807, 2.05) is 6.07 Å². The summed E-state index contributed by atoms with van der Waals surface area (Å²) in [5.41, 5.74) is -0.564. The molecule has 1 aromatic rings. The number of nitriles is 1. The lowest BCUT2D eigenvalue weighted by atomic mass is 10.1. The number of benzene rings is 1. The van der Waals surface area contributed by atoms with Crippen LogP contribution in [0.3, 0.4) is 0 Å². The number of carboxylic acid groups (broad SMARTS) is 1. The van der Waals surface area contributed by atoms with Gasteiger partial charge in [-0.25, -0.2) is 4.79 Å². The molecule has 1 aliphatic rings. The summed E-state index contributed by atoms with van der Waals surface area (Å²) in [4.78, 5) is 22.5. The van der Waals surface area contributed by atoms with Crippen molar-refractivity contribution < 1.29 is 14.7 Å². The highest BCUT2D eigenvalue weighted by molar-refractivity contribution is 6.33. The van der Waals surface area contributed by atoms with Crippen molar-refractivity contribution in [2.45, 2.75) is 12.8 Å². The van der Waals surface area contributed by atoms with E-state index in [9.17, 15) is 9.59 Å².